The van der Waals surface area contributed by atoms with Crippen LogP contribution in [-0.2, 0) is 0 Å². The van der Waals surface area contributed by atoms with E-state index >= 15 is 0 Å². The summed E-state index contributed by atoms with van der Waals surface area (Å²) in [6.45, 7) is 8.67. The number of H-pyrrole nitrogens is 2. The lowest BCUT2D eigenvalue weighted by molar-refractivity contribution is 0.170. The number of nitrogens with zero attached hydrogens (tertiary/aromatic N) is 2. The number of fused-ring (bicyclic) bond motifs is 1. The minimum Gasteiger partial charge on any atom is -0.393 e. The van der Waals surface area contributed by atoms with Gasteiger partial charge in [-0.3, -0.25) is 0 Å². The molecule has 0 spiro atoms. The summed E-state index contributed by atoms with van der Waals surface area (Å²) < 4.78 is 0. The molecule has 0 radical (unpaired) electrons. The van der Waals surface area contributed by atoms with Crippen molar-refractivity contribution >= 4 is 28.2 Å². The van der Waals surface area contributed by atoms with Crippen LogP contribution in [0.25, 0.3) is 27.7 Å². The molecule has 140 valence electrons. The molecule has 0 saturated heterocycles. The lowest BCUT2D eigenvalue weighted by Crippen LogP contribution is -2.17. The Labute approximate surface area is 159 Å². The third-order valence-corrected chi connectivity index (χ3v) is 4.25. The van der Waals surface area contributed by atoms with Crippen molar-refractivity contribution in [1.29, 1.82) is 0 Å². The number of aliphatic hydroxyl groups excluding tert-OH is 1. The average molecular weight is 375 g/mol. The fourth-order valence-corrected chi connectivity index (χ4v) is 2.77. The Morgan fingerprint density at radius 1 is 1.38 bits per heavy atom. The molecule has 0 saturated carbocycles. The average Bonchev–Trinajstić information content (AvgIpc) is 3.22. The predicted octanol–water partition coefficient (Wildman–Crippen LogP) is 4.56. The molecule has 1 atom stereocenters. The molecule has 3 rings (SSSR count). The van der Waals surface area contributed by atoms with Crippen LogP contribution in [0.5, 0.6) is 0 Å². The zero-order chi connectivity index (χ0) is 19.3. The second-order valence-electron chi connectivity index (χ2n) is 6.74. The second kappa shape index (κ2) is 9.03. The lowest BCUT2D eigenvalue weighted by Gasteiger charge is -2.09. The summed E-state index contributed by atoms with van der Waals surface area (Å²) in [5.74, 6) is 0. The van der Waals surface area contributed by atoms with Crippen LogP contribution in [0, 0.1) is 0 Å². The standard InChI is InChI=1S/C14H12ClN3.C6H15NO/c1-8(2)12-5-9(6-17-12)13-10-3-4-16-14(10)18-7-11(13)15;1-6(8)4-5-7(2)3/h3-7,17H,1H2,2H3,(H,16,18);6,8H,4-5H2,1-3H3. The SMILES string of the molecule is C=C(C)c1cc(-c2c(Cl)cnc3[nH]ccc23)c[nH]1.CC(O)CCN(C)C. The second-order valence-corrected chi connectivity index (χ2v) is 7.15. The monoisotopic (exact) mass is 374 g/mol. The van der Waals surface area contributed by atoms with Crippen LogP contribution in [0.2, 0.25) is 5.02 Å². The molecule has 0 aliphatic carbocycles. The Bertz CT molecular complexity index is 856. The molecule has 5 nitrogen and oxygen atoms in total. The first kappa shape index (κ1) is 20.2. The van der Waals surface area contributed by atoms with E-state index < -0.39 is 0 Å². The fourth-order valence-electron chi connectivity index (χ4n) is 2.51. The molecule has 0 bridgehead atoms. The van der Waals surface area contributed by atoms with E-state index in [1.54, 1.807) is 6.20 Å². The van der Waals surface area contributed by atoms with E-state index in [4.69, 9.17) is 16.7 Å². The Morgan fingerprint density at radius 2 is 2.12 bits per heavy atom. The minimum atomic E-state index is -0.155. The van der Waals surface area contributed by atoms with Crippen LogP contribution in [0.1, 0.15) is 26.0 Å². The number of allylic oxidation sites excluding steroid dienone is 1. The highest BCUT2D eigenvalue weighted by Gasteiger charge is 2.12. The van der Waals surface area contributed by atoms with Crippen molar-refractivity contribution in [2.45, 2.75) is 26.4 Å². The maximum atomic E-state index is 8.77. The Kier molecular flexibility index (Phi) is 7.03. The highest BCUT2D eigenvalue weighted by atomic mass is 35.5. The number of nitrogens with one attached hydrogen (secondary N) is 2. The summed E-state index contributed by atoms with van der Waals surface area (Å²) in [7, 11) is 4.00. The van der Waals surface area contributed by atoms with Crippen LogP contribution in [0.3, 0.4) is 0 Å². The molecule has 6 heteroatoms. The van der Waals surface area contributed by atoms with Gasteiger partial charge in [0.05, 0.1) is 11.1 Å². The van der Waals surface area contributed by atoms with Crippen LogP contribution in [0.15, 0.2) is 37.3 Å². The molecule has 0 amide bonds. The summed E-state index contributed by atoms with van der Waals surface area (Å²) in [4.78, 5) is 12.6. The summed E-state index contributed by atoms with van der Waals surface area (Å²) in [5, 5.41) is 10.4. The summed E-state index contributed by atoms with van der Waals surface area (Å²) >= 11 is 6.27. The van der Waals surface area contributed by atoms with Gasteiger partial charge in [-0.05, 0) is 58.6 Å². The third-order valence-electron chi connectivity index (χ3n) is 3.97. The van der Waals surface area contributed by atoms with Crippen LogP contribution < -0.4 is 0 Å². The first-order valence-corrected chi connectivity index (χ1v) is 8.96. The molecule has 0 aliphatic rings. The maximum Gasteiger partial charge on any atom is 0.137 e. The first-order chi connectivity index (χ1) is 12.3. The summed E-state index contributed by atoms with van der Waals surface area (Å²) in [5.41, 5.74) is 4.89. The van der Waals surface area contributed by atoms with E-state index in [1.807, 2.05) is 46.4 Å². The van der Waals surface area contributed by atoms with Gasteiger partial charge in [0.15, 0.2) is 0 Å². The Hall–Kier alpha value is -2.08. The van der Waals surface area contributed by atoms with Gasteiger partial charge < -0.3 is 20.0 Å². The quantitative estimate of drug-likeness (QED) is 0.613. The van der Waals surface area contributed by atoms with E-state index in [-0.39, 0.29) is 6.10 Å². The molecule has 3 N–H and O–H groups in total. The number of aliphatic hydroxyl groups is 1. The normalized spacial score (nSPS) is 12.1. The van der Waals surface area contributed by atoms with Gasteiger partial charge in [0.1, 0.15) is 5.65 Å². The third kappa shape index (κ3) is 5.21. The van der Waals surface area contributed by atoms with Crippen molar-refractivity contribution in [1.82, 2.24) is 19.9 Å². The number of aromatic amines is 2. The van der Waals surface area contributed by atoms with Crippen LogP contribution in [-0.4, -0.2) is 51.7 Å². The summed E-state index contributed by atoms with van der Waals surface area (Å²) in [6.07, 6.45) is 6.19. The van der Waals surface area contributed by atoms with Crippen molar-refractivity contribution in [2.75, 3.05) is 20.6 Å². The minimum absolute atomic E-state index is 0.155. The Balaban J connectivity index is 0.000000260. The smallest absolute Gasteiger partial charge is 0.137 e. The fraction of sp³-hybridized carbons (Fsp3) is 0.350. The van der Waals surface area contributed by atoms with E-state index in [0.717, 1.165) is 46.4 Å². The highest BCUT2D eigenvalue weighted by molar-refractivity contribution is 6.34. The van der Waals surface area contributed by atoms with Gasteiger partial charge in [-0.2, -0.15) is 0 Å². The van der Waals surface area contributed by atoms with Gasteiger partial charge in [0.25, 0.3) is 0 Å². The molecule has 1 unspecified atom stereocenters. The summed E-state index contributed by atoms with van der Waals surface area (Å²) in [6, 6.07) is 4.03. The van der Waals surface area contributed by atoms with Gasteiger partial charge in [-0.1, -0.05) is 18.2 Å². The lowest BCUT2D eigenvalue weighted by atomic mass is 10.1. The van der Waals surface area contributed by atoms with Crippen molar-refractivity contribution < 1.29 is 5.11 Å². The van der Waals surface area contributed by atoms with Crippen molar-refractivity contribution in [2.24, 2.45) is 0 Å². The zero-order valence-electron chi connectivity index (χ0n) is 15.8. The van der Waals surface area contributed by atoms with Crippen LogP contribution in [0.4, 0.5) is 0 Å². The largest absolute Gasteiger partial charge is 0.393 e. The van der Waals surface area contributed by atoms with Crippen molar-refractivity contribution in [3.63, 3.8) is 0 Å². The first-order valence-electron chi connectivity index (χ1n) is 8.58. The number of hydrogen-bond donors (Lipinski definition) is 3. The zero-order valence-corrected chi connectivity index (χ0v) is 16.6. The highest BCUT2D eigenvalue weighted by Crippen LogP contribution is 2.34. The van der Waals surface area contributed by atoms with Gasteiger partial charge >= 0.3 is 0 Å². The van der Waals surface area contributed by atoms with Crippen LogP contribution >= 0.6 is 11.6 Å². The number of halogens is 1. The molecule has 0 fully saturated rings. The number of hydrogen-bond acceptors (Lipinski definition) is 3. The van der Waals surface area contributed by atoms with E-state index in [2.05, 4.69) is 32.5 Å². The molecule has 3 aromatic rings. The molecular formula is C20H27ClN4O. The molecule has 0 aliphatic heterocycles. The molecular weight excluding hydrogens is 348 g/mol. The van der Waals surface area contributed by atoms with E-state index in [1.165, 1.54) is 0 Å². The van der Waals surface area contributed by atoms with E-state index in [9.17, 15) is 0 Å². The van der Waals surface area contributed by atoms with Crippen molar-refractivity contribution in [3.8, 4) is 11.1 Å². The molecule has 3 aromatic heterocycles. The van der Waals surface area contributed by atoms with Gasteiger partial charge in [-0.25, -0.2) is 4.98 Å². The Morgan fingerprint density at radius 3 is 2.65 bits per heavy atom. The predicted molar refractivity (Wildman–Crippen MR) is 110 cm³/mol. The van der Waals surface area contributed by atoms with E-state index in [0.29, 0.717) is 5.02 Å². The number of rotatable bonds is 5. The van der Waals surface area contributed by atoms with Gasteiger partial charge in [0.2, 0.25) is 0 Å². The number of pyridine rings is 1. The number of aromatic nitrogens is 3. The topological polar surface area (TPSA) is 67.9 Å². The van der Waals surface area contributed by atoms with Gasteiger partial charge in [-0.15, -0.1) is 0 Å². The molecule has 3 heterocycles. The molecule has 26 heavy (non-hydrogen) atoms. The maximum absolute atomic E-state index is 8.77. The van der Waals surface area contributed by atoms with Crippen molar-refractivity contribution in [3.05, 3.63) is 48.0 Å². The van der Waals surface area contributed by atoms with Gasteiger partial charge in [0, 0.05) is 40.8 Å². The molecule has 0 aromatic carbocycles.